The van der Waals surface area contributed by atoms with E-state index in [4.69, 9.17) is 26.6 Å². The van der Waals surface area contributed by atoms with Gasteiger partial charge in [-0.1, -0.05) is 35.4 Å². The van der Waals surface area contributed by atoms with E-state index in [1.165, 1.54) is 0 Å². The Hall–Kier alpha value is 1.06. The molecule has 14 heteroatoms. The van der Waals surface area contributed by atoms with E-state index in [2.05, 4.69) is 19.2 Å². The van der Waals surface area contributed by atoms with E-state index in [-0.39, 0.29) is 15.7 Å². The average Bonchev–Trinajstić information content (AvgIpc) is 3.33. The summed E-state index contributed by atoms with van der Waals surface area (Å²) >= 11 is 0. The van der Waals surface area contributed by atoms with E-state index in [9.17, 15) is 4.79 Å². The van der Waals surface area contributed by atoms with Crippen molar-refractivity contribution in [2.24, 2.45) is 0 Å². The summed E-state index contributed by atoms with van der Waals surface area (Å²) in [5, 5.41) is 2.68. The Morgan fingerprint density at radius 1 is 0.667 bits per heavy atom. The molecule has 0 radical (unpaired) electrons. The second kappa shape index (κ2) is 22.8. The van der Waals surface area contributed by atoms with Gasteiger partial charge in [0.2, 0.25) is 5.91 Å². The molecule has 1 saturated heterocycles. The normalized spacial score (nSPS) is 15.8. The fourth-order valence-corrected chi connectivity index (χ4v) is 21.0. The monoisotopic (exact) mass is 623 g/mol. The van der Waals surface area contributed by atoms with E-state index < -0.39 is 17.6 Å². The summed E-state index contributed by atoms with van der Waals surface area (Å²) < 4.78 is 36.6. The quantitative estimate of drug-likeness (QED) is 0.0889. The standard InChI is InChI=1S/C18H42O6S4Si2.C4H7NO/c1-9-17(29(19-11-3,20-12-4)21-13-5)25-27-28-26-18(10-2)30(22-14-6,23-15-7)24-16-8;6-4-2-1-3-5-4/h17-18H,9-16H2,1-8H3;1-3H2,(H,5,6). The van der Waals surface area contributed by atoms with Crippen LogP contribution >= 0.6 is 41.2 Å². The zero-order valence-electron chi connectivity index (χ0n) is 23.4. The largest absolute Gasteiger partial charge is 0.515 e. The Bertz CT molecular complexity index is 480. The number of hydrogen-bond acceptors (Lipinski definition) is 11. The Morgan fingerprint density at radius 2 is 1.00 bits per heavy atom. The molecule has 1 fully saturated rings. The minimum atomic E-state index is -2.73. The molecule has 0 saturated carbocycles. The first-order valence-electron chi connectivity index (χ1n) is 13.1. The molecule has 1 aliphatic rings. The topological polar surface area (TPSA) is 84.5 Å². The molecule has 0 aromatic rings. The molecule has 0 aromatic carbocycles. The third-order valence-electron chi connectivity index (χ3n) is 4.84. The molecule has 0 aliphatic carbocycles. The van der Waals surface area contributed by atoms with E-state index >= 15 is 0 Å². The maximum absolute atomic E-state index is 10.1. The summed E-state index contributed by atoms with van der Waals surface area (Å²) in [4.78, 5) is 10.5. The van der Waals surface area contributed by atoms with Gasteiger partial charge in [-0.05, 0) is 80.5 Å². The van der Waals surface area contributed by atoms with Crippen molar-refractivity contribution in [1.82, 2.24) is 5.32 Å². The molecule has 0 spiro atoms. The molecular formula is C22H49NO7S4Si2. The van der Waals surface area contributed by atoms with Crippen LogP contribution in [-0.2, 0) is 31.4 Å². The van der Waals surface area contributed by atoms with Crippen molar-refractivity contribution < 1.29 is 31.4 Å². The zero-order valence-corrected chi connectivity index (χ0v) is 28.7. The van der Waals surface area contributed by atoms with Crippen molar-refractivity contribution in [3.63, 3.8) is 0 Å². The van der Waals surface area contributed by atoms with Gasteiger partial charge in [-0.3, -0.25) is 4.79 Å². The summed E-state index contributed by atoms with van der Waals surface area (Å²) in [6, 6.07) is 0. The lowest BCUT2D eigenvalue weighted by Crippen LogP contribution is -2.55. The lowest BCUT2D eigenvalue weighted by Gasteiger charge is -2.34. The molecule has 2 atom stereocenters. The predicted octanol–water partition coefficient (Wildman–Crippen LogP) is 6.29. The van der Waals surface area contributed by atoms with E-state index in [1.54, 1.807) is 41.2 Å². The zero-order chi connectivity index (χ0) is 27.3. The minimum Gasteiger partial charge on any atom is -0.373 e. The van der Waals surface area contributed by atoms with Crippen molar-refractivity contribution >= 4 is 64.8 Å². The number of amides is 1. The second-order valence-electron chi connectivity index (χ2n) is 7.38. The van der Waals surface area contributed by atoms with Crippen molar-refractivity contribution in [3.8, 4) is 0 Å². The molecule has 0 aromatic heterocycles. The van der Waals surface area contributed by atoms with Gasteiger partial charge in [0.1, 0.15) is 0 Å². The Labute approximate surface area is 237 Å². The lowest BCUT2D eigenvalue weighted by atomic mass is 10.4. The number of rotatable bonds is 21. The van der Waals surface area contributed by atoms with Crippen LogP contribution in [0.5, 0.6) is 0 Å². The first-order valence-corrected chi connectivity index (χ1v) is 21.7. The van der Waals surface area contributed by atoms with Crippen molar-refractivity contribution in [3.05, 3.63) is 0 Å². The van der Waals surface area contributed by atoms with Crippen LogP contribution in [0.4, 0.5) is 0 Å². The summed E-state index contributed by atoms with van der Waals surface area (Å²) in [6.07, 6.45) is 3.63. The van der Waals surface area contributed by atoms with Crippen LogP contribution in [0.3, 0.4) is 0 Å². The Morgan fingerprint density at radius 3 is 1.17 bits per heavy atom. The van der Waals surface area contributed by atoms with E-state index in [1.807, 2.05) is 41.5 Å². The van der Waals surface area contributed by atoms with Gasteiger partial charge in [0.05, 0.1) is 9.75 Å². The first kappa shape index (κ1) is 37.1. The minimum absolute atomic E-state index is 0.184. The van der Waals surface area contributed by atoms with Crippen LogP contribution < -0.4 is 5.32 Å². The van der Waals surface area contributed by atoms with Crippen molar-refractivity contribution in [1.29, 1.82) is 0 Å². The van der Waals surface area contributed by atoms with Crippen LogP contribution in [0, 0.1) is 0 Å². The van der Waals surface area contributed by atoms with Crippen molar-refractivity contribution in [2.75, 3.05) is 46.2 Å². The molecule has 1 N–H and O–H groups in total. The number of hydrogen-bond donors (Lipinski definition) is 1. The highest BCUT2D eigenvalue weighted by molar-refractivity contribution is 9.26. The number of carbonyl (C=O) groups excluding carboxylic acids is 1. The lowest BCUT2D eigenvalue weighted by molar-refractivity contribution is -0.119. The molecule has 36 heavy (non-hydrogen) atoms. The highest BCUT2D eigenvalue weighted by Crippen LogP contribution is 2.51. The second-order valence-corrected chi connectivity index (χ2v) is 20.0. The van der Waals surface area contributed by atoms with Crippen LogP contribution in [0.25, 0.3) is 0 Å². The molecule has 1 amide bonds. The van der Waals surface area contributed by atoms with E-state index in [0.717, 1.165) is 32.2 Å². The smallest absolute Gasteiger partial charge is 0.373 e. The predicted molar refractivity (Wildman–Crippen MR) is 162 cm³/mol. The van der Waals surface area contributed by atoms with Gasteiger partial charge in [-0.25, -0.2) is 0 Å². The summed E-state index contributed by atoms with van der Waals surface area (Å²) in [6.45, 7) is 20.8. The molecule has 2 unspecified atom stereocenters. The maximum Gasteiger partial charge on any atom is 0.515 e. The van der Waals surface area contributed by atoms with Gasteiger partial charge in [0.15, 0.2) is 0 Å². The molecule has 0 bridgehead atoms. The number of carbonyl (C=O) groups is 1. The third kappa shape index (κ3) is 13.4. The highest BCUT2D eigenvalue weighted by atomic mass is 33.7. The fourth-order valence-electron chi connectivity index (χ4n) is 3.46. The Kier molecular flexibility index (Phi) is 23.5. The first-order chi connectivity index (χ1) is 17.4. The van der Waals surface area contributed by atoms with Gasteiger partial charge in [-0.15, -0.1) is 0 Å². The number of nitrogens with one attached hydrogen (secondary N) is 1. The molecule has 1 rings (SSSR count). The molecule has 1 heterocycles. The molecule has 8 nitrogen and oxygen atoms in total. The Balaban J connectivity index is 0.00000176. The van der Waals surface area contributed by atoms with Gasteiger partial charge >= 0.3 is 17.6 Å². The summed E-state index contributed by atoms with van der Waals surface area (Å²) in [7, 11) is 1.62. The van der Waals surface area contributed by atoms with Gasteiger partial charge in [0.25, 0.3) is 0 Å². The van der Waals surface area contributed by atoms with Gasteiger partial charge in [0, 0.05) is 52.6 Å². The molecular weight excluding hydrogens is 575 g/mol. The highest BCUT2D eigenvalue weighted by Gasteiger charge is 2.50. The maximum atomic E-state index is 10.1. The molecule has 1 aliphatic heterocycles. The third-order valence-corrected chi connectivity index (χ3v) is 21.6. The summed E-state index contributed by atoms with van der Waals surface area (Å²) in [5.41, 5.74) is 0. The average molecular weight is 624 g/mol. The SMILES string of the molecule is CCO[Si](OCC)(OCC)C(CC)SSSSC(CC)[Si](OCC)(OCC)OCC.O=C1CCCN1. The van der Waals surface area contributed by atoms with Gasteiger partial charge in [-0.2, -0.15) is 0 Å². The van der Waals surface area contributed by atoms with Gasteiger partial charge < -0.3 is 31.9 Å². The molecule has 216 valence electrons. The van der Waals surface area contributed by atoms with Crippen LogP contribution in [-0.4, -0.2) is 79.4 Å². The fraction of sp³-hybridized carbons (Fsp3) is 0.955. The van der Waals surface area contributed by atoms with Crippen LogP contribution in [0.1, 0.15) is 81.1 Å². The van der Waals surface area contributed by atoms with E-state index in [0.29, 0.717) is 39.6 Å². The summed E-state index contributed by atoms with van der Waals surface area (Å²) in [5.74, 6) is 0.204. The van der Waals surface area contributed by atoms with Crippen LogP contribution in [0.2, 0.25) is 0 Å². The van der Waals surface area contributed by atoms with Crippen LogP contribution in [0.15, 0.2) is 0 Å². The van der Waals surface area contributed by atoms with Crippen molar-refractivity contribution in [2.45, 2.75) is 90.8 Å².